The van der Waals surface area contributed by atoms with Gasteiger partial charge in [-0.15, -0.1) is 0 Å². The van der Waals surface area contributed by atoms with Gasteiger partial charge in [0.1, 0.15) is 11.4 Å². The Labute approximate surface area is 72.2 Å². The minimum atomic E-state index is 0.0112. The van der Waals surface area contributed by atoms with Gasteiger partial charge in [-0.05, 0) is 0 Å². The lowest BCUT2D eigenvalue weighted by molar-refractivity contribution is 0.375. The molecule has 0 saturated heterocycles. The van der Waals surface area contributed by atoms with E-state index >= 15 is 0 Å². The van der Waals surface area contributed by atoms with Gasteiger partial charge in [0.2, 0.25) is 0 Å². The largest absolute Gasteiger partial charge is 0.385 e. The third kappa shape index (κ3) is 1.15. The highest BCUT2D eigenvalue weighted by molar-refractivity contribution is 7.99. The van der Waals surface area contributed by atoms with Gasteiger partial charge in [-0.2, -0.15) is 5.10 Å². The maximum Gasteiger partial charge on any atom is 0.159 e. The van der Waals surface area contributed by atoms with Crippen molar-refractivity contribution in [3.8, 4) is 0 Å². The smallest absolute Gasteiger partial charge is 0.159 e. The molecule has 62 valence electrons. The second-order valence-electron chi connectivity index (χ2n) is 2.08. The number of aromatic nitrogens is 4. The Morgan fingerprint density at radius 2 is 2.42 bits per heavy atom. The molecule has 0 aliphatic rings. The molecule has 2 heterocycles. The number of nitrogens with one attached hydrogen (secondary N) is 1. The standard InChI is InChI=1S/C6H6N4OS/c11-3-12-6-4-1-9-10-5(4)7-2-8-6/h1-2,11H,3H2,(H,7,8,9,10). The molecule has 5 nitrogen and oxygen atoms in total. The molecule has 0 aliphatic carbocycles. The second kappa shape index (κ2) is 3.08. The minimum absolute atomic E-state index is 0.0112. The fourth-order valence-corrected chi connectivity index (χ4v) is 1.47. The van der Waals surface area contributed by atoms with E-state index in [9.17, 15) is 0 Å². The van der Waals surface area contributed by atoms with Gasteiger partial charge in [-0.1, -0.05) is 11.8 Å². The SMILES string of the molecule is OCSc1ncnc2[nH]ncc12. The van der Waals surface area contributed by atoms with Crippen LogP contribution in [-0.2, 0) is 0 Å². The summed E-state index contributed by atoms with van der Waals surface area (Å²) in [6.45, 7) is 0. The van der Waals surface area contributed by atoms with Crippen molar-refractivity contribution in [2.24, 2.45) is 0 Å². The molecule has 0 atom stereocenters. The summed E-state index contributed by atoms with van der Waals surface area (Å²) in [4.78, 5) is 7.96. The summed E-state index contributed by atoms with van der Waals surface area (Å²) in [5.74, 6) is 0.0112. The molecule has 2 N–H and O–H groups in total. The minimum Gasteiger partial charge on any atom is -0.385 e. The van der Waals surface area contributed by atoms with E-state index in [2.05, 4.69) is 20.2 Å². The molecule has 0 aromatic carbocycles. The molecule has 0 fully saturated rings. The molecule has 0 bridgehead atoms. The highest BCUT2D eigenvalue weighted by Gasteiger charge is 2.03. The summed E-state index contributed by atoms with van der Waals surface area (Å²) >= 11 is 1.25. The van der Waals surface area contributed by atoms with Crippen molar-refractivity contribution < 1.29 is 5.11 Å². The fourth-order valence-electron chi connectivity index (χ4n) is 0.919. The predicted octanol–water partition coefficient (Wildman–Crippen LogP) is 0.395. The molecule has 0 amide bonds. The van der Waals surface area contributed by atoms with Crippen LogP contribution >= 0.6 is 11.8 Å². The van der Waals surface area contributed by atoms with E-state index in [1.54, 1.807) is 6.20 Å². The Balaban J connectivity index is 2.57. The van der Waals surface area contributed by atoms with Crippen LogP contribution in [0.25, 0.3) is 11.0 Å². The Kier molecular flexibility index (Phi) is 1.92. The van der Waals surface area contributed by atoms with Crippen LogP contribution in [0.5, 0.6) is 0 Å². The zero-order valence-electron chi connectivity index (χ0n) is 6.06. The van der Waals surface area contributed by atoms with E-state index in [0.29, 0.717) is 5.65 Å². The molecule has 2 rings (SSSR count). The third-order valence-corrected chi connectivity index (χ3v) is 2.14. The Morgan fingerprint density at radius 1 is 1.50 bits per heavy atom. The van der Waals surface area contributed by atoms with Crippen LogP contribution in [0.1, 0.15) is 0 Å². The monoisotopic (exact) mass is 182 g/mol. The van der Waals surface area contributed by atoms with Crippen molar-refractivity contribution in [2.45, 2.75) is 5.03 Å². The van der Waals surface area contributed by atoms with Crippen LogP contribution in [0.4, 0.5) is 0 Å². The number of rotatable bonds is 2. The topological polar surface area (TPSA) is 74.7 Å². The highest BCUT2D eigenvalue weighted by atomic mass is 32.2. The van der Waals surface area contributed by atoms with Crippen molar-refractivity contribution in [3.63, 3.8) is 0 Å². The van der Waals surface area contributed by atoms with E-state index in [1.807, 2.05) is 0 Å². The van der Waals surface area contributed by atoms with Crippen molar-refractivity contribution in [3.05, 3.63) is 12.5 Å². The van der Waals surface area contributed by atoms with Crippen LogP contribution < -0.4 is 0 Å². The number of thioether (sulfide) groups is 1. The number of aliphatic hydroxyl groups excluding tert-OH is 1. The third-order valence-electron chi connectivity index (χ3n) is 1.41. The van der Waals surface area contributed by atoms with Gasteiger partial charge in [0.05, 0.1) is 17.5 Å². The van der Waals surface area contributed by atoms with Gasteiger partial charge in [0, 0.05) is 0 Å². The number of nitrogens with zero attached hydrogens (tertiary/aromatic N) is 3. The summed E-state index contributed by atoms with van der Waals surface area (Å²) in [6.07, 6.45) is 3.09. The van der Waals surface area contributed by atoms with Gasteiger partial charge in [-0.25, -0.2) is 9.97 Å². The molecule has 6 heteroatoms. The van der Waals surface area contributed by atoms with Crippen LogP contribution in [0, 0.1) is 0 Å². The Hall–Kier alpha value is -1.14. The number of aliphatic hydroxyl groups is 1. The quantitative estimate of drug-likeness (QED) is 0.399. The lowest BCUT2D eigenvalue weighted by Crippen LogP contribution is -1.85. The molecule has 0 radical (unpaired) electrons. The van der Waals surface area contributed by atoms with Gasteiger partial charge in [0.25, 0.3) is 0 Å². The van der Waals surface area contributed by atoms with Crippen molar-refractivity contribution in [1.29, 1.82) is 0 Å². The van der Waals surface area contributed by atoms with Gasteiger partial charge >= 0.3 is 0 Å². The molecular formula is C6H6N4OS. The lowest BCUT2D eigenvalue weighted by Gasteiger charge is -1.95. The van der Waals surface area contributed by atoms with Crippen LogP contribution in [0.2, 0.25) is 0 Å². The summed E-state index contributed by atoms with van der Waals surface area (Å²) in [7, 11) is 0. The van der Waals surface area contributed by atoms with E-state index in [-0.39, 0.29) is 5.94 Å². The average molecular weight is 182 g/mol. The zero-order valence-corrected chi connectivity index (χ0v) is 6.88. The van der Waals surface area contributed by atoms with Crippen LogP contribution in [-0.4, -0.2) is 31.2 Å². The first-order valence-corrected chi connectivity index (χ1v) is 4.28. The maximum atomic E-state index is 8.69. The van der Waals surface area contributed by atoms with Gasteiger partial charge in [0.15, 0.2) is 5.65 Å². The number of aromatic amines is 1. The van der Waals surface area contributed by atoms with E-state index in [1.165, 1.54) is 18.1 Å². The molecule has 0 aliphatic heterocycles. The first-order valence-electron chi connectivity index (χ1n) is 3.29. The van der Waals surface area contributed by atoms with E-state index < -0.39 is 0 Å². The number of H-pyrrole nitrogens is 1. The number of fused-ring (bicyclic) bond motifs is 1. The summed E-state index contributed by atoms with van der Waals surface area (Å²) in [6, 6.07) is 0. The molecule has 0 spiro atoms. The van der Waals surface area contributed by atoms with E-state index in [0.717, 1.165) is 10.4 Å². The molecule has 0 saturated carbocycles. The van der Waals surface area contributed by atoms with Gasteiger partial charge < -0.3 is 5.11 Å². The summed E-state index contributed by atoms with van der Waals surface area (Å²) in [5.41, 5.74) is 0.695. The van der Waals surface area contributed by atoms with Crippen molar-refractivity contribution in [1.82, 2.24) is 20.2 Å². The molecule has 12 heavy (non-hydrogen) atoms. The summed E-state index contributed by atoms with van der Waals surface area (Å²) in [5, 5.41) is 16.8. The summed E-state index contributed by atoms with van der Waals surface area (Å²) < 4.78 is 0. The van der Waals surface area contributed by atoms with E-state index in [4.69, 9.17) is 5.11 Å². The predicted molar refractivity (Wildman–Crippen MR) is 44.6 cm³/mol. The Bertz CT molecular complexity index is 388. The second-order valence-corrected chi connectivity index (χ2v) is 3.02. The maximum absolute atomic E-state index is 8.69. The van der Waals surface area contributed by atoms with Crippen molar-refractivity contribution in [2.75, 3.05) is 5.94 Å². The lowest BCUT2D eigenvalue weighted by atomic mass is 10.4. The molecular weight excluding hydrogens is 176 g/mol. The molecule has 2 aromatic rings. The van der Waals surface area contributed by atoms with Crippen LogP contribution in [0.15, 0.2) is 17.6 Å². The average Bonchev–Trinajstić information content (AvgIpc) is 2.53. The fraction of sp³-hybridized carbons (Fsp3) is 0.167. The molecule has 2 aromatic heterocycles. The van der Waals surface area contributed by atoms with Crippen LogP contribution in [0.3, 0.4) is 0 Å². The molecule has 0 unspecified atom stereocenters. The normalized spacial score (nSPS) is 10.8. The zero-order chi connectivity index (χ0) is 8.39. The Morgan fingerprint density at radius 3 is 3.25 bits per heavy atom. The first-order chi connectivity index (χ1) is 5.92. The van der Waals surface area contributed by atoms with Gasteiger partial charge in [-0.3, -0.25) is 5.10 Å². The number of hydrogen-bond acceptors (Lipinski definition) is 5. The first kappa shape index (κ1) is 7.51. The number of hydrogen-bond donors (Lipinski definition) is 2. The van der Waals surface area contributed by atoms with Crippen molar-refractivity contribution >= 4 is 22.8 Å². The highest BCUT2D eigenvalue weighted by Crippen LogP contribution is 2.21.